The lowest BCUT2D eigenvalue weighted by Gasteiger charge is -2.29. The highest BCUT2D eigenvalue weighted by Crippen LogP contribution is 2.40. The summed E-state index contributed by atoms with van der Waals surface area (Å²) in [6.45, 7) is 24.8. The fourth-order valence-electron chi connectivity index (χ4n) is 3.71. The van der Waals surface area contributed by atoms with Gasteiger partial charge < -0.3 is 39.1 Å². The van der Waals surface area contributed by atoms with Crippen LogP contribution in [0.4, 0.5) is 0 Å². The zero-order chi connectivity index (χ0) is 31.3. The van der Waals surface area contributed by atoms with E-state index in [1.807, 2.05) is 6.92 Å². The van der Waals surface area contributed by atoms with E-state index in [0.717, 1.165) is 39.0 Å². The number of hydrogen-bond acceptors (Lipinski definition) is 9. The summed E-state index contributed by atoms with van der Waals surface area (Å²) < 4.78 is 36.1. The summed E-state index contributed by atoms with van der Waals surface area (Å²) in [7, 11) is 0. The summed E-state index contributed by atoms with van der Waals surface area (Å²) in [6.07, 6.45) is 2.36. The number of carbonyl (C=O) groups is 1. The number of likely N-dealkylation sites (N-methyl/N-ethyl adjacent to an activating group) is 1. The van der Waals surface area contributed by atoms with E-state index in [2.05, 4.69) is 59.1 Å². The van der Waals surface area contributed by atoms with Gasteiger partial charge in [-0.1, -0.05) is 55.4 Å². The highest BCUT2D eigenvalue weighted by molar-refractivity contribution is 5.97. The van der Waals surface area contributed by atoms with Gasteiger partial charge in [-0.25, -0.2) is 0 Å². The van der Waals surface area contributed by atoms with Crippen LogP contribution in [0.3, 0.4) is 0 Å². The molecule has 0 aromatic heterocycles. The number of nitrogens with one attached hydrogen (secondary N) is 2. The quantitative estimate of drug-likeness (QED) is 0.100. The number of Topliss-reactive ketones (excluding diaryl/α,β-unsaturated/α-hetero) is 1. The molecule has 244 valence electrons. The molecule has 9 heteroatoms. The van der Waals surface area contributed by atoms with E-state index in [0.29, 0.717) is 88.7 Å². The molecular formula is C33H60N2O7. The van der Waals surface area contributed by atoms with Crippen LogP contribution >= 0.6 is 0 Å². The third kappa shape index (κ3) is 16.7. The Morgan fingerprint density at radius 2 is 1.26 bits per heavy atom. The summed E-state index contributed by atoms with van der Waals surface area (Å²) in [4.78, 5) is 12.7. The molecule has 0 saturated heterocycles. The molecule has 1 rings (SSSR count). The van der Waals surface area contributed by atoms with E-state index in [9.17, 15) is 4.79 Å². The number of rotatable bonds is 27. The number of ketones is 1. The first kappa shape index (κ1) is 38.1. The Morgan fingerprint density at radius 3 is 1.83 bits per heavy atom. The maximum atomic E-state index is 12.7. The van der Waals surface area contributed by atoms with Crippen molar-refractivity contribution in [3.8, 4) is 17.2 Å². The topological polar surface area (TPSA) is 96.5 Å². The molecule has 0 saturated carbocycles. The van der Waals surface area contributed by atoms with Crippen LogP contribution in [0, 0.1) is 10.8 Å². The van der Waals surface area contributed by atoms with Crippen LogP contribution in [-0.4, -0.2) is 91.4 Å². The Kier molecular flexibility index (Phi) is 19.7. The van der Waals surface area contributed by atoms with Crippen molar-refractivity contribution in [2.45, 2.75) is 74.7 Å². The second-order valence-electron chi connectivity index (χ2n) is 12.1. The lowest BCUT2D eigenvalue weighted by atomic mass is 9.91. The Bertz CT molecular complexity index is 861. The third-order valence-electron chi connectivity index (χ3n) is 6.68. The normalized spacial score (nSPS) is 12.0. The maximum absolute atomic E-state index is 12.7. The van der Waals surface area contributed by atoms with Crippen molar-refractivity contribution in [1.29, 1.82) is 0 Å². The van der Waals surface area contributed by atoms with E-state index >= 15 is 0 Å². The van der Waals surface area contributed by atoms with Gasteiger partial charge in [-0.05, 0) is 36.9 Å². The van der Waals surface area contributed by atoms with E-state index in [4.69, 9.17) is 28.4 Å². The monoisotopic (exact) mass is 596 g/mol. The molecule has 0 spiro atoms. The lowest BCUT2D eigenvalue weighted by Crippen LogP contribution is -2.30. The molecule has 0 unspecified atom stereocenters. The molecule has 9 nitrogen and oxygen atoms in total. The van der Waals surface area contributed by atoms with Gasteiger partial charge in [0.1, 0.15) is 13.2 Å². The molecule has 0 aliphatic rings. The van der Waals surface area contributed by atoms with Crippen molar-refractivity contribution >= 4 is 5.78 Å². The molecule has 1 aromatic carbocycles. The van der Waals surface area contributed by atoms with Crippen molar-refractivity contribution in [2.24, 2.45) is 10.8 Å². The van der Waals surface area contributed by atoms with Crippen LogP contribution in [0.1, 0.15) is 85.0 Å². The fourth-order valence-corrected chi connectivity index (χ4v) is 3.71. The van der Waals surface area contributed by atoms with Crippen LogP contribution < -0.4 is 24.8 Å². The SMILES string of the molecule is CCCOCCOc1cc(C(=O)CC)cc(OCCOCCNCCNCC)c1OCC(C)(C)COCC(C)(C)CC. The van der Waals surface area contributed by atoms with E-state index in [1.54, 1.807) is 12.1 Å². The smallest absolute Gasteiger partial charge is 0.203 e. The van der Waals surface area contributed by atoms with Gasteiger partial charge in [-0.3, -0.25) is 4.79 Å². The van der Waals surface area contributed by atoms with Gasteiger partial charge in [-0.2, -0.15) is 0 Å². The number of ether oxygens (including phenoxy) is 6. The molecule has 0 atom stereocenters. The molecular weight excluding hydrogens is 536 g/mol. The van der Waals surface area contributed by atoms with E-state index < -0.39 is 0 Å². The molecule has 0 fully saturated rings. The van der Waals surface area contributed by atoms with E-state index in [-0.39, 0.29) is 16.6 Å². The Hall–Kier alpha value is -1.91. The zero-order valence-electron chi connectivity index (χ0n) is 27.8. The largest absolute Gasteiger partial charge is 0.487 e. The average molecular weight is 597 g/mol. The minimum Gasteiger partial charge on any atom is -0.487 e. The van der Waals surface area contributed by atoms with Crippen molar-refractivity contribution < 1.29 is 33.2 Å². The van der Waals surface area contributed by atoms with Gasteiger partial charge >= 0.3 is 0 Å². The Balaban J connectivity index is 2.97. The second kappa shape index (κ2) is 21.7. The summed E-state index contributed by atoms with van der Waals surface area (Å²) >= 11 is 0. The predicted molar refractivity (Wildman–Crippen MR) is 170 cm³/mol. The molecule has 2 N–H and O–H groups in total. The molecule has 0 amide bonds. The maximum Gasteiger partial charge on any atom is 0.203 e. The van der Waals surface area contributed by atoms with Crippen molar-refractivity contribution in [3.63, 3.8) is 0 Å². The first-order chi connectivity index (χ1) is 20.1. The Morgan fingerprint density at radius 1 is 0.667 bits per heavy atom. The third-order valence-corrected chi connectivity index (χ3v) is 6.68. The fraction of sp³-hybridized carbons (Fsp3) is 0.788. The minimum absolute atomic E-state index is 0.00522. The molecule has 0 bridgehead atoms. The van der Waals surface area contributed by atoms with Crippen molar-refractivity contribution in [2.75, 3.05) is 85.6 Å². The van der Waals surface area contributed by atoms with E-state index in [1.165, 1.54) is 0 Å². The predicted octanol–water partition coefficient (Wildman–Crippen LogP) is 5.54. The number of carbonyl (C=O) groups excluding carboxylic acids is 1. The molecule has 0 aliphatic carbocycles. The van der Waals surface area contributed by atoms with Crippen molar-refractivity contribution in [1.82, 2.24) is 10.6 Å². The first-order valence-corrected chi connectivity index (χ1v) is 15.8. The van der Waals surface area contributed by atoms with Gasteiger partial charge in [-0.15, -0.1) is 0 Å². The molecule has 42 heavy (non-hydrogen) atoms. The average Bonchev–Trinajstić information content (AvgIpc) is 2.96. The lowest BCUT2D eigenvalue weighted by molar-refractivity contribution is -0.00321. The molecule has 0 radical (unpaired) electrons. The summed E-state index contributed by atoms with van der Waals surface area (Å²) in [6, 6.07) is 3.49. The van der Waals surface area contributed by atoms with Crippen LogP contribution in [-0.2, 0) is 14.2 Å². The van der Waals surface area contributed by atoms with Crippen molar-refractivity contribution in [3.05, 3.63) is 17.7 Å². The molecule has 0 aliphatic heterocycles. The standard InChI is InChI=1S/C33H60N2O7/c1-9-16-37-18-20-40-29-22-27(28(36)10-2)23-30(41-21-19-38-17-15-35-14-13-34-12-4)31(29)42-26-33(7,8)25-39-24-32(5,6)11-3/h22-23,34-35H,9-21,24-26H2,1-8H3. The van der Waals surface area contributed by atoms with Gasteiger partial charge in [0.25, 0.3) is 0 Å². The van der Waals surface area contributed by atoms with Crippen LogP contribution in [0.5, 0.6) is 17.2 Å². The van der Waals surface area contributed by atoms with Gasteiger partial charge in [0, 0.05) is 43.6 Å². The summed E-state index contributed by atoms with van der Waals surface area (Å²) in [5.41, 5.74) is 0.396. The highest BCUT2D eigenvalue weighted by atomic mass is 16.6. The van der Waals surface area contributed by atoms with Gasteiger partial charge in [0.15, 0.2) is 17.3 Å². The van der Waals surface area contributed by atoms with Crippen LogP contribution in [0.15, 0.2) is 12.1 Å². The highest BCUT2D eigenvalue weighted by Gasteiger charge is 2.25. The van der Waals surface area contributed by atoms with Crippen LogP contribution in [0.25, 0.3) is 0 Å². The van der Waals surface area contributed by atoms with Gasteiger partial charge in [0.05, 0.1) is 39.6 Å². The number of benzene rings is 1. The van der Waals surface area contributed by atoms with Gasteiger partial charge in [0.2, 0.25) is 5.75 Å². The molecule has 1 aromatic rings. The second-order valence-corrected chi connectivity index (χ2v) is 12.1. The summed E-state index contributed by atoms with van der Waals surface area (Å²) in [5, 5.41) is 6.62. The number of hydrogen-bond donors (Lipinski definition) is 2. The minimum atomic E-state index is -0.261. The zero-order valence-corrected chi connectivity index (χ0v) is 27.8. The first-order valence-electron chi connectivity index (χ1n) is 15.8. The van der Waals surface area contributed by atoms with Crippen LogP contribution in [0.2, 0.25) is 0 Å². The Labute approximate surface area is 255 Å². The molecule has 0 heterocycles. The summed E-state index contributed by atoms with van der Waals surface area (Å²) in [5.74, 6) is 1.42.